The molecule has 2 atom stereocenters. The Kier molecular flexibility index (Phi) is 0.964. The molecule has 10 heavy (non-hydrogen) atoms. The van der Waals surface area contributed by atoms with E-state index in [0.717, 1.165) is 5.92 Å². The number of hydrogen-bond donors (Lipinski definition) is 0. The quantitative estimate of drug-likeness (QED) is 0.447. The lowest BCUT2D eigenvalue weighted by atomic mass is 9.77. The van der Waals surface area contributed by atoms with Crippen molar-refractivity contribution in [3.63, 3.8) is 0 Å². The molecule has 0 saturated heterocycles. The normalized spacial score (nSPS) is 41.2. The molecule has 0 nitrogen and oxygen atoms in total. The van der Waals surface area contributed by atoms with E-state index >= 15 is 0 Å². The van der Waals surface area contributed by atoms with Crippen molar-refractivity contribution in [3.8, 4) is 0 Å². The zero-order valence-corrected chi connectivity index (χ0v) is 6.72. The van der Waals surface area contributed by atoms with Crippen LogP contribution in [0.4, 0.5) is 0 Å². The van der Waals surface area contributed by atoms with Gasteiger partial charge in [0.15, 0.2) is 0 Å². The molecule has 2 rings (SSSR count). The zero-order valence-electron chi connectivity index (χ0n) is 6.72. The minimum Gasteiger partial charge on any atom is -0.0987 e. The Morgan fingerprint density at radius 2 is 2.20 bits per heavy atom. The number of fused-ring (bicyclic) bond motifs is 2. The van der Waals surface area contributed by atoms with Crippen molar-refractivity contribution < 1.29 is 0 Å². The highest BCUT2D eigenvalue weighted by molar-refractivity contribution is 5.32. The minimum absolute atomic E-state index is 0.388. The maximum absolute atomic E-state index is 4.14. The predicted octanol–water partition coefficient (Wildman–Crippen LogP) is 2.77. The molecule has 0 heterocycles. The van der Waals surface area contributed by atoms with Crippen LogP contribution in [0.5, 0.6) is 0 Å². The molecular weight excluding hydrogens is 120 g/mol. The highest BCUT2D eigenvalue weighted by Gasteiger charge is 2.44. The second-order valence-electron chi connectivity index (χ2n) is 4.08. The predicted molar refractivity (Wildman–Crippen MR) is 43.7 cm³/mol. The molecule has 0 radical (unpaired) electrons. The third-order valence-electron chi connectivity index (χ3n) is 3.29. The summed E-state index contributed by atoms with van der Waals surface area (Å²) in [7, 11) is 0. The van der Waals surface area contributed by atoms with Crippen molar-refractivity contribution in [3.05, 3.63) is 24.3 Å². The Bertz CT molecular complexity index is 208. The fourth-order valence-electron chi connectivity index (χ4n) is 2.21. The van der Waals surface area contributed by atoms with Gasteiger partial charge < -0.3 is 0 Å². The van der Waals surface area contributed by atoms with Crippen LogP contribution in [0.25, 0.3) is 0 Å². The first-order valence-electron chi connectivity index (χ1n) is 4.00. The third kappa shape index (κ3) is 0.524. The summed E-state index contributed by atoms with van der Waals surface area (Å²) in [5, 5.41) is 0. The van der Waals surface area contributed by atoms with E-state index in [0.29, 0.717) is 11.3 Å². The summed E-state index contributed by atoms with van der Waals surface area (Å²) in [6.45, 7) is 8.76. The van der Waals surface area contributed by atoms with E-state index in [1.165, 1.54) is 12.0 Å². The van der Waals surface area contributed by atoms with Gasteiger partial charge in [0.1, 0.15) is 0 Å². The van der Waals surface area contributed by atoms with Crippen molar-refractivity contribution in [1.29, 1.82) is 0 Å². The van der Waals surface area contributed by atoms with E-state index in [4.69, 9.17) is 0 Å². The molecule has 2 aliphatic carbocycles. The van der Waals surface area contributed by atoms with E-state index in [2.05, 4.69) is 32.6 Å². The number of allylic oxidation sites excluding steroid dienone is 3. The molecule has 0 aromatic rings. The SMILES string of the molecule is C=C1[C@@H]2C=C[C@@H](C2)C1(C)C. The van der Waals surface area contributed by atoms with Gasteiger partial charge in [0, 0.05) is 0 Å². The molecular formula is C10H14. The van der Waals surface area contributed by atoms with Crippen molar-refractivity contribution in [1.82, 2.24) is 0 Å². The van der Waals surface area contributed by atoms with Crippen molar-refractivity contribution >= 4 is 0 Å². The second kappa shape index (κ2) is 1.55. The summed E-state index contributed by atoms with van der Waals surface area (Å²) >= 11 is 0. The summed E-state index contributed by atoms with van der Waals surface area (Å²) in [5.74, 6) is 1.49. The van der Waals surface area contributed by atoms with Crippen molar-refractivity contribution in [2.45, 2.75) is 20.3 Å². The molecule has 0 N–H and O–H groups in total. The first kappa shape index (κ1) is 6.21. The Morgan fingerprint density at radius 3 is 2.50 bits per heavy atom. The van der Waals surface area contributed by atoms with Gasteiger partial charge in [-0.05, 0) is 23.7 Å². The molecule has 2 aliphatic rings. The Balaban J connectivity index is 2.44. The third-order valence-corrected chi connectivity index (χ3v) is 3.29. The molecule has 2 bridgehead atoms. The van der Waals surface area contributed by atoms with Gasteiger partial charge in [-0.3, -0.25) is 0 Å². The molecule has 1 fully saturated rings. The molecule has 0 heteroatoms. The van der Waals surface area contributed by atoms with Crippen LogP contribution in [0, 0.1) is 17.3 Å². The highest BCUT2D eigenvalue weighted by atomic mass is 14.5. The first-order chi connectivity index (χ1) is 4.62. The van der Waals surface area contributed by atoms with Gasteiger partial charge >= 0.3 is 0 Å². The van der Waals surface area contributed by atoms with Crippen LogP contribution < -0.4 is 0 Å². The second-order valence-corrected chi connectivity index (χ2v) is 4.08. The van der Waals surface area contributed by atoms with E-state index in [1.54, 1.807) is 0 Å². The summed E-state index contributed by atoms with van der Waals surface area (Å²) in [5.41, 5.74) is 1.83. The molecule has 0 unspecified atom stereocenters. The van der Waals surface area contributed by atoms with Gasteiger partial charge in [-0.15, -0.1) is 0 Å². The lowest BCUT2D eigenvalue weighted by Gasteiger charge is -2.28. The Morgan fingerprint density at radius 1 is 1.50 bits per heavy atom. The topological polar surface area (TPSA) is 0 Å². The lowest BCUT2D eigenvalue weighted by Crippen LogP contribution is -2.18. The fraction of sp³-hybridized carbons (Fsp3) is 0.600. The summed E-state index contributed by atoms with van der Waals surface area (Å²) in [6.07, 6.45) is 6.00. The maximum Gasteiger partial charge on any atom is -0.00144 e. The Hall–Kier alpha value is -0.520. The summed E-state index contributed by atoms with van der Waals surface area (Å²) in [6, 6.07) is 0. The smallest absolute Gasteiger partial charge is 0.00144 e. The minimum atomic E-state index is 0.388. The Labute approximate surface area is 62.6 Å². The molecule has 0 aliphatic heterocycles. The largest absolute Gasteiger partial charge is 0.0987 e. The van der Waals surface area contributed by atoms with Crippen LogP contribution in [0.1, 0.15) is 20.3 Å². The maximum atomic E-state index is 4.14. The summed E-state index contributed by atoms with van der Waals surface area (Å²) < 4.78 is 0. The fourth-order valence-corrected chi connectivity index (χ4v) is 2.21. The zero-order chi connectivity index (χ0) is 7.35. The van der Waals surface area contributed by atoms with Crippen LogP contribution in [-0.4, -0.2) is 0 Å². The van der Waals surface area contributed by atoms with Crippen LogP contribution in [0.3, 0.4) is 0 Å². The monoisotopic (exact) mass is 134 g/mol. The van der Waals surface area contributed by atoms with E-state index in [-0.39, 0.29) is 0 Å². The highest BCUT2D eigenvalue weighted by Crippen LogP contribution is 2.54. The first-order valence-corrected chi connectivity index (χ1v) is 4.00. The number of hydrogen-bond acceptors (Lipinski definition) is 0. The van der Waals surface area contributed by atoms with Gasteiger partial charge in [0.25, 0.3) is 0 Å². The van der Waals surface area contributed by atoms with Gasteiger partial charge in [-0.25, -0.2) is 0 Å². The van der Waals surface area contributed by atoms with Crippen LogP contribution in [0.15, 0.2) is 24.3 Å². The van der Waals surface area contributed by atoms with E-state index in [1.807, 2.05) is 0 Å². The van der Waals surface area contributed by atoms with E-state index in [9.17, 15) is 0 Å². The standard InChI is InChI=1S/C10H14/c1-7-8-4-5-9(6-8)10(7,2)3/h4-5,8-9H,1,6H2,2-3H3/t8-,9+/m1/s1. The van der Waals surface area contributed by atoms with Crippen LogP contribution in [0.2, 0.25) is 0 Å². The van der Waals surface area contributed by atoms with Gasteiger partial charge in [0.05, 0.1) is 0 Å². The van der Waals surface area contributed by atoms with Gasteiger partial charge in [0.2, 0.25) is 0 Å². The lowest BCUT2D eigenvalue weighted by molar-refractivity contribution is 0.369. The average Bonchev–Trinajstić information content (AvgIpc) is 2.37. The summed E-state index contributed by atoms with van der Waals surface area (Å²) in [4.78, 5) is 0. The van der Waals surface area contributed by atoms with Gasteiger partial charge in [-0.1, -0.05) is 38.2 Å². The van der Waals surface area contributed by atoms with Gasteiger partial charge in [-0.2, -0.15) is 0 Å². The molecule has 0 aromatic carbocycles. The van der Waals surface area contributed by atoms with Crippen molar-refractivity contribution in [2.75, 3.05) is 0 Å². The molecule has 1 saturated carbocycles. The van der Waals surface area contributed by atoms with Crippen LogP contribution >= 0.6 is 0 Å². The number of rotatable bonds is 0. The molecule has 54 valence electrons. The average molecular weight is 134 g/mol. The van der Waals surface area contributed by atoms with Crippen molar-refractivity contribution in [2.24, 2.45) is 17.3 Å². The van der Waals surface area contributed by atoms with E-state index < -0.39 is 0 Å². The molecule has 0 aromatic heterocycles. The van der Waals surface area contributed by atoms with Crippen LogP contribution in [-0.2, 0) is 0 Å². The molecule has 0 spiro atoms. The molecule has 0 amide bonds.